The predicted molar refractivity (Wildman–Crippen MR) is 75.7 cm³/mol. The molecule has 0 spiro atoms. The number of carboxylic acids is 4. The van der Waals surface area contributed by atoms with Crippen LogP contribution >= 0.6 is 0 Å². The summed E-state index contributed by atoms with van der Waals surface area (Å²) in [5.74, 6) is -3.33. The van der Waals surface area contributed by atoms with Gasteiger partial charge in [0.2, 0.25) is 0 Å². The van der Waals surface area contributed by atoms with E-state index in [0.29, 0.717) is 0 Å². The molecule has 0 aliphatic rings. The summed E-state index contributed by atoms with van der Waals surface area (Å²) in [5, 5.41) is 29.7. The maximum Gasteiger partial charge on any atom is 0.300 e. The molecule has 0 rings (SSSR count). The Morgan fingerprint density at radius 2 is 0.619 bits per heavy atom. The average Bonchev–Trinajstić information content (AvgIpc) is 1.91. The molecular formula is C11H26N2O8. The zero-order valence-electron chi connectivity index (χ0n) is 13.1. The van der Waals surface area contributed by atoms with E-state index in [1.807, 2.05) is 0 Å². The molecule has 0 aliphatic heterocycles. The fourth-order valence-electron chi connectivity index (χ4n) is 0. The Balaban J connectivity index is -0.0000000510. The molecule has 0 atom stereocenters. The van der Waals surface area contributed by atoms with Crippen LogP contribution < -0.4 is 11.5 Å². The van der Waals surface area contributed by atoms with E-state index in [1.165, 1.54) is 0 Å². The lowest BCUT2D eigenvalue weighted by atomic mass is 10.3. The smallest absolute Gasteiger partial charge is 0.300 e. The molecule has 10 nitrogen and oxygen atoms in total. The Labute approximate surface area is 123 Å². The van der Waals surface area contributed by atoms with E-state index < -0.39 is 29.5 Å². The highest BCUT2D eigenvalue weighted by Crippen LogP contribution is 1.76. The van der Waals surface area contributed by atoms with Crippen molar-refractivity contribution in [1.29, 1.82) is 0 Å². The highest BCUT2D eigenvalue weighted by Gasteiger charge is 1.95. The second-order valence-corrected chi connectivity index (χ2v) is 3.90. The van der Waals surface area contributed by atoms with Crippen LogP contribution in [0.25, 0.3) is 0 Å². The van der Waals surface area contributed by atoms with Gasteiger partial charge in [0.05, 0.1) is 5.66 Å². The van der Waals surface area contributed by atoms with Crippen molar-refractivity contribution in [2.75, 3.05) is 0 Å². The molecule has 0 fully saturated rings. The van der Waals surface area contributed by atoms with Gasteiger partial charge in [-0.3, -0.25) is 19.2 Å². The minimum Gasteiger partial charge on any atom is -0.481 e. The SMILES string of the molecule is CC(=O)O.CC(=O)O.CC(=O)O.CC(=O)O.CC(C)(N)N. The Morgan fingerprint density at radius 3 is 0.619 bits per heavy atom. The van der Waals surface area contributed by atoms with Crippen molar-refractivity contribution in [3.05, 3.63) is 0 Å². The molecule has 0 amide bonds. The van der Waals surface area contributed by atoms with Gasteiger partial charge in [0.25, 0.3) is 23.9 Å². The van der Waals surface area contributed by atoms with Crippen LogP contribution in [0.2, 0.25) is 0 Å². The molecule has 0 radical (unpaired) electrons. The van der Waals surface area contributed by atoms with Crippen LogP contribution in [0.3, 0.4) is 0 Å². The number of hydrogen-bond acceptors (Lipinski definition) is 6. The van der Waals surface area contributed by atoms with Crippen LogP contribution in [0.4, 0.5) is 0 Å². The number of rotatable bonds is 0. The molecule has 0 heterocycles. The molecule has 0 aromatic carbocycles. The van der Waals surface area contributed by atoms with Gasteiger partial charge in [0.1, 0.15) is 0 Å². The Kier molecular flexibility index (Phi) is 30.0. The third-order valence-corrected chi connectivity index (χ3v) is 0. The number of carbonyl (C=O) groups is 4. The van der Waals surface area contributed by atoms with Crippen LogP contribution in [0, 0.1) is 0 Å². The van der Waals surface area contributed by atoms with E-state index in [2.05, 4.69) is 0 Å². The maximum absolute atomic E-state index is 9.00. The van der Waals surface area contributed by atoms with Crippen molar-refractivity contribution in [3.63, 3.8) is 0 Å². The van der Waals surface area contributed by atoms with Crippen LogP contribution in [0.5, 0.6) is 0 Å². The van der Waals surface area contributed by atoms with E-state index in [0.717, 1.165) is 27.7 Å². The molecule has 10 heteroatoms. The Bertz CT molecular complexity index is 227. The molecule has 0 unspecified atom stereocenters. The van der Waals surface area contributed by atoms with Crippen LogP contribution in [-0.4, -0.2) is 50.0 Å². The minimum absolute atomic E-state index is 0.500. The molecule has 0 saturated carbocycles. The first kappa shape index (κ1) is 31.3. The predicted octanol–water partition coefficient (Wildman–Crippen LogP) is 0.00350. The lowest BCUT2D eigenvalue weighted by Crippen LogP contribution is -2.42. The molecule has 0 bridgehead atoms. The summed E-state index contributed by atoms with van der Waals surface area (Å²) in [6.45, 7) is 7.82. The normalized spacial score (nSPS) is 7.62. The Morgan fingerprint density at radius 1 is 0.619 bits per heavy atom. The number of carboxylic acid groups (broad SMARTS) is 4. The van der Waals surface area contributed by atoms with Gasteiger partial charge in [-0.25, -0.2) is 0 Å². The fourth-order valence-corrected chi connectivity index (χ4v) is 0. The van der Waals surface area contributed by atoms with Crippen molar-refractivity contribution >= 4 is 23.9 Å². The standard InChI is InChI=1S/C3H10N2.4C2H4O2/c1-3(2,4)5;4*1-2(3)4/h4-5H2,1-2H3;4*1H3,(H,3,4). The summed E-state index contributed by atoms with van der Waals surface area (Å²) in [4.78, 5) is 36.0. The van der Waals surface area contributed by atoms with E-state index in [1.54, 1.807) is 13.8 Å². The van der Waals surface area contributed by atoms with Gasteiger partial charge < -0.3 is 31.9 Å². The number of nitrogens with two attached hydrogens (primary N) is 2. The first-order valence-electron chi connectivity index (χ1n) is 5.29. The van der Waals surface area contributed by atoms with Crippen LogP contribution in [0.15, 0.2) is 0 Å². The number of aliphatic carboxylic acids is 4. The third kappa shape index (κ3) is 918. The van der Waals surface area contributed by atoms with E-state index in [9.17, 15) is 0 Å². The topological polar surface area (TPSA) is 201 Å². The van der Waals surface area contributed by atoms with Gasteiger partial charge in [-0.05, 0) is 13.8 Å². The first-order valence-corrected chi connectivity index (χ1v) is 5.29. The highest BCUT2D eigenvalue weighted by molar-refractivity contribution is 5.63. The molecular weight excluding hydrogens is 288 g/mol. The van der Waals surface area contributed by atoms with Gasteiger partial charge in [-0.15, -0.1) is 0 Å². The second kappa shape index (κ2) is 20.1. The summed E-state index contributed by atoms with van der Waals surface area (Å²) in [6.07, 6.45) is 0. The van der Waals surface area contributed by atoms with E-state index in [4.69, 9.17) is 51.1 Å². The lowest BCUT2D eigenvalue weighted by molar-refractivity contribution is -0.135. The Hall–Kier alpha value is -2.20. The van der Waals surface area contributed by atoms with E-state index in [-0.39, 0.29) is 0 Å². The van der Waals surface area contributed by atoms with Gasteiger partial charge >= 0.3 is 0 Å². The molecule has 8 N–H and O–H groups in total. The first-order chi connectivity index (χ1) is 8.93. The minimum atomic E-state index is -0.833. The van der Waals surface area contributed by atoms with Gasteiger partial charge in [0, 0.05) is 27.7 Å². The quantitative estimate of drug-likeness (QED) is 0.330. The molecule has 0 aliphatic carbocycles. The average molecular weight is 314 g/mol. The van der Waals surface area contributed by atoms with Crippen molar-refractivity contribution in [1.82, 2.24) is 0 Å². The highest BCUT2D eigenvalue weighted by atomic mass is 16.4. The second-order valence-electron chi connectivity index (χ2n) is 3.90. The zero-order chi connectivity index (χ0) is 18.8. The maximum atomic E-state index is 9.00. The lowest BCUT2D eigenvalue weighted by Gasteiger charge is -2.07. The molecule has 0 aromatic heterocycles. The summed E-state index contributed by atoms with van der Waals surface area (Å²) < 4.78 is 0. The van der Waals surface area contributed by atoms with Crippen LogP contribution in [-0.2, 0) is 19.2 Å². The third-order valence-electron chi connectivity index (χ3n) is 0. The number of hydrogen-bond donors (Lipinski definition) is 6. The van der Waals surface area contributed by atoms with Gasteiger partial charge in [-0.1, -0.05) is 0 Å². The summed E-state index contributed by atoms with van der Waals surface area (Å²) >= 11 is 0. The summed E-state index contributed by atoms with van der Waals surface area (Å²) in [7, 11) is 0. The van der Waals surface area contributed by atoms with Crippen molar-refractivity contribution in [3.8, 4) is 0 Å². The zero-order valence-corrected chi connectivity index (χ0v) is 13.1. The van der Waals surface area contributed by atoms with Gasteiger partial charge in [0.15, 0.2) is 0 Å². The van der Waals surface area contributed by atoms with Gasteiger partial charge in [-0.2, -0.15) is 0 Å². The van der Waals surface area contributed by atoms with Crippen molar-refractivity contribution < 1.29 is 39.6 Å². The van der Waals surface area contributed by atoms with E-state index >= 15 is 0 Å². The van der Waals surface area contributed by atoms with Crippen LogP contribution in [0.1, 0.15) is 41.5 Å². The largest absolute Gasteiger partial charge is 0.481 e. The summed E-state index contributed by atoms with van der Waals surface area (Å²) in [6, 6.07) is 0. The summed E-state index contributed by atoms with van der Waals surface area (Å²) in [5.41, 5.74) is 9.76. The molecule has 21 heavy (non-hydrogen) atoms. The fraction of sp³-hybridized carbons (Fsp3) is 0.636. The molecule has 128 valence electrons. The monoisotopic (exact) mass is 314 g/mol. The van der Waals surface area contributed by atoms with Crippen molar-refractivity contribution in [2.24, 2.45) is 11.5 Å². The molecule has 0 aromatic rings. The van der Waals surface area contributed by atoms with Crippen molar-refractivity contribution in [2.45, 2.75) is 47.2 Å². The molecule has 0 saturated heterocycles.